The average molecular weight is 627 g/mol. The van der Waals surface area contributed by atoms with Gasteiger partial charge >= 0.3 is 5.97 Å². The van der Waals surface area contributed by atoms with E-state index in [1.165, 1.54) is 77.0 Å². The van der Waals surface area contributed by atoms with E-state index in [4.69, 9.17) is 0 Å². The Balaban J connectivity index is 0.00000289. The normalized spacial score (nSPS) is 54.8. The minimum atomic E-state index is -0.607. The van der Waals surface area contributed by atoms with Crippen LogP contribution in [-0.4, -0.2) is 77.8 Å². The minimum Gasteiger partial charge on any atom is -0.481 e. The van der Waals surface area contributed by atoms with Crippen LogP contribution in [0.2, 0.25) is 0 Å². The molecule has 9 aliphatic rings. The molecule has 9 fully saturated rings. The van der Waals surface area contributed by atoms with Crippen LogP contribution in [0.4, 0.5) is 0 Å². The standard InChI is InChI=1S/C33H56N8O2.Al.3H/c42-33(43)23-15-7-14-22-24(23)32-40-30-21-13-6-5-12-20(21)28(38-30)36-26-17-9-2-1-8-16(17)25(34-26)35-27-18-10-3-4-11-19(18)29(37-27)39-31(22)41-32;;;;/h16-32,34-41H,1-15H2,(H,42,43);;;;. The number of carboxylic acids is 1. The lowest BCUT2D eigenvalue weighted by molar-refractivity contribution is -0.146. The molecule has 0 amide bonds. The van der Waals surface area contributed by atoms with Gasteiger partial charge in [-0.1, -0.05) is 44.9 Å². The fourth-order valence-corrected chi connectivity index (χ4v) is 12.3. The highest BCUT2D eigenvalue weighted by Gasteiger charge is 2.56. The topological polar surface area (TPSA) is 134 Å². The highest BCUT2D eigenvalue weighted by atomic mass is 27.0. The zero-order chi connectivity index (χ0) is 28.7. The van der Waals surface area contributed by atoms with Crippen LogP contribution in [-0.2, 0) is 4.79 Å². The van der Waals surface area contributed by atoms with Crippen LogP contribution < -0.4 is 42.5 Å². The lowest BCUT2D eigenvalue weighted by atomic mass is 9.71. The third-order valence-corrected chi connectivity index (χ3v) is 14.2. The van der Waals surface area contributed by atoms with E-state index in [9.17, 15) is 9.90 Å². The molecule has 8 bridgehead atoms. The summed E-state index contributed by atoms with van der Waals surface area (Å²) in [4.78, 5) is 12.6. The Morgan fingerprint density at radius 2 is 0.659 bits per heavy atom. The molecule has 44 heavy (non-hydrogen) atoms. The molecule has 9 rings (SSSR count). The average Bonchev–Trinajstić information content (AvgIpc) is 3.76. The number of carboxylic acid groups (broad SMARTS) is 1. The molecule has 5 saturated heterocycles. The molecule has 4 aliphatic carbocycles. The third kappa shape index (κ3) is 5.25. The molecule has 17 unspecified atom stereocenters. The number of hydrogen-bond donors (Lipinski definition) is 9. The van der Waals surface area contributed by atoms with E-state index in [1.807, 2.05) is 0 Å². The zero-order valence-electron chi connectivity index (χ0n) is 25.8. The second-order valence-electron chi connectivity index (χ2n) is 16.1. The zero-order valence-corrected chi connectivity index (χ0v) is 25.8. The monoisotopic (exact) mass is 626 g/mol. The van der Waals surface area contributed by atoms with Gasteiger partial charge in [0.15, 0.2) is 17.4 Å². The van der Waals surface area contributed by atoms with Crippen LogP contribution in [0, 0.1) is 53.3 Å². The lowest BCUT2D eigenvalue weighted by Crippen LogP contribution is -2.62. The smallest absolute Gasteiger partial charge is 0.306 e. The summed E-state index contributed by atoms with van der Waals surface area (Å²) in [7, 11) is 0. The molecule has 9 N–H and O–H groups in total. The maximum Gasteiger partial charge on any atom is 0.306 e. The second-order valence-corrected chi connectivity index (χ2v) is 16.1. The van der Waals surface area contributed by atoms with Crippen molar-refractivity contribution in [3.63, 3.8) is 0 Å². The predicted molar refractivity (Wildman–Crippen MR) is 174 cm³/mol. The van der Waals surface area contributed by atoms with E-state index in [1.54, 1.807) is 0 Å². The van der Waals surface area contributed by atoms with E-state index in [2.05, 4.69) is 42.5 Å². The van der Waals surface area contributed by atoms with Crippen molar-refractivity contribution in [3.8, 4) is 0 Å². The van der Waals surface area contributed by atoms with Crippen molar-refractivity contribution in [2.45, 2.75) is 146 Å². The SMILES string of the molecule is O=C(O)C1CCCC2C3NC4NC(NC5NC(NC6NC(NC(N3)C12)C1CCCCC61)C1CCCCC51)C1CCCCC41.[AlH3]. The molecule has 11 heteroatoms. The first-order chi connectivity index (χ1) is 21.1. The molecule has 0 spiro atoms. The second kappa shape index (κ2) is 12.6. The molecule has 246 valence electrons. The maximum absolute atomic E-state index is 12.6. The molecule has 0 aromatic rings. The van der Waals surface area contributed by atoms with Gasteiger partial charge in [0.2, 0.25) is 0 Å². The van der Waals surface area contributed by atoms with Crippen molar-refractivity contribution < 1.29 is 9.90 Å². The third-order valence-electron chi connectivity index (χ3n) is 14.2. The molecular weight excluding hydrogens is 567 g/mol. The van der Waals surface area contributed by atoms with E-state index in [0.29, 0.717) is 66.1 Å². The number of fused-ring (bicyclic) bond motifs is 20. The highest BCUT2D eigenvalue weighted by molar-refractivity contribution is 5.75. The van der Waals surface area contributed by atoms with Gasteiger partial charge in [-0.2, -0.15) is 0 Å². The Kier molecular flexibility index (Phi) is 8.88. The van der Waals surface area contributed by atoms with Crippen molar-refractivity contribution in [3.05, 3.63) is 0 Å². The van der Waals surface area contributed by atoms with E-state index < -0.39 is 5.97 Å². The fourth-order valence-electron chi connectivity index (χ4n) is 12.3. The first-order valence-electron chi connectivity index (χ1n) is 18.4. The van der Waals surface area contributed by atoms with Crippen LogP contribution in [0.3, 0.4) is 0 Å². The minimum absolute atomic E-state index is 0. The van der Waals surface area contributed by atoms with Crippen LogP contribution in [0.15, 0.2) is 0 Å². The number of aliphatic carboxylic acids is 1. The quantitative estimate of drug-likeness (QED) is 0.192. The summed E-state index contributed by atoms with van der Waals surface area (Å²) in [6, 6.07) is 0. The summed E-state index contributed by atoms with van der Waals surface area (Å²) >= 11 is 0. The maximum atomic E-state index is 12.6. The molecule has 17 atom stereocenters. The highest BCUT2D eigenvalue weighted by Crippen LogP contribution is 2.46. The van der Waals surface area contributed by atoms with Crippen molar-refractivity contribution in [2.24, 2.45) is 53.3 Å². The Morgan fingerprint density at radius 3 is 0.977 bits per heavy atom. The number of nitrogens with one attached hydrogen (secondary N) is 8. The van der Waals surface area contributed by atoms with Gasteiger partial charge in [-0.15, -0.1) is 0 Å². The van der Waals surface area contributed by atoms with Crippen LogP contribution >= 0.6 is 0 Å². The predicted octanol–water partition coefficient (Wildman–Crippen LogP) is 0.732. The molecule has 10 nitrogen and oxygen atoms in total. The summed E-state index contributed by atoms with van der Waals surface area (Å²) in [5, 5.41) is 43.3. The van der Waals surface area contributed by atoms with Gasteiger partial charge in [0.25, 0.3) is 0 Å². The van der Waals surface area contributed by atoms with Crippen molar-refractivity contribution in [1.82, 2.24) is 42.5 Å². The molecular formula is C33H59AlN8O2. The van der Waals surface area contributed by atoms with Gasteiger partial charge in [-0.25, -0.2) is 0 Å². The Bertz CT molecular complexity index is 1050. The fraction of sp³-hybridized carbons (Fsp3) is 0.970. The number of hydrogen-bond acceptors (Lipinski definition) is 9. The molecule has 0 aromatic carbocycles. The number of carbonyl (C=O) groups is 1. The first-order valence-corrected chi connectivity index (χ1v) is 18.4. The summed E-state index contributed by atoms with van der Waals surface area (Å²) in [5.41, 5.74) is 0. The van der Waals surface area contributed by atoms with Gasteiger partial charge in [0.05, 0.1) is 55.2 Å². The van der Waals surface area contributed by atoms with E-state index >= 15 is 0 Å². The van der Waals surface area contributed by atoms with Gasteiger partial charge in [-0.3, -0.25) is 47.3 Å². The number of rotatable bonds is 1. The first kappa shape index (κ1) is 31.0. The van der Waals surface area contributed by atoms with E-state index in [0.717, 1.165) is 19.3 Å². The largest absolute Gasteiger partial charge is 0.481 e. The summed E-state index contributed by atoms with van der Waals surface area (Å²) in [6.07, 6.45) is 20.5. The van der Waals surface area contributed by atoms with Gasteiger partial charge in [0, 0.05) is 5.92 Å². The Labute approximate surface area is 274 Å². The summed E-state index contributed by atoms with van der Waals surface area (Å²) in [6.45, 7) is 0. The van der Waals surface area contributed by atoms with Crippen molar-refractivity contribution in [1.29, 1.82) is 0 Å². The molecule has 5 aliphatic heterocycles. The van der Waals surface area contributed by atoms with Crippen molar-refractivity contribution in [2.75, 3.05) is 0 Å². The van der Waals surface area contributed by atoms with Gasteiger partial charge in [0.1, 0.15) is 0 Å². The molecule has 0 aromatic heterocycles. The summed E-state index contributed by atoms with van der Waals surface area (Å²) in [5.74, 6) is 3.36. The van der Waals surface area contributed by atoms with Gasteiger partial charge in [-0.05, 0) is 92.8 Å². The van der Waals surface area contributed by atoms with Crippen LogP contribution in [0.1, 0.15) is 96.3 Å². The molecule has 5 heterocycles. The lowest BCUT2D eigenvalue weighted by Gasteiger charge is -2.37. The Morgan fingerprint density at radius 1 is 0.386 bits per heavy atom. The van der Waals surface area contributed by atoms with Crippen LogP contribution in [0.25, 0.3) is 0 Å². The van der Waals surface area contributed by atoms with Gasteiger partial charge < -0.3 is 5.11 Å². The molecule has 4 saturated carbocycles. The van der Waals surface area contributed by atoms with Crippen molar-refractivity contribution >= 4 is 23.3 Å². The Hall–Kier alpha value is -0.318. The molecule has 0 radical (unpaired) electrons. The van der Waals surface area contributed by atoms with Crippen LogP contribution in [0.5, 0.6) is 0 Å². The summed E-state index contributed by atoms with van der Waals surface area (Å²) < 4.78 is 0. The van der Waals surface area contributed by atoms with E-state index in [-0.39, 0.29) is 53.9 Å².